The maximum Gasteiger partial charge on any atom is 0.263 e. The van der Waals surface area contributed by atoms with Gasteiger partial charge in [0.15, 0.2) is 11.0 Å². The molecule has 0 atom stereocenters. The number of fused-ring (bicyclic) bond motifs is 3. The maximum atomic E-state index is 13.2. The Morgan fingerprint density at radius 3 is 3.00 bits per heavy atom. The highest BCUT2D eigenvalue weighted by atomic mass is 32.2. The van der Waals surface area contributed by atoms with Gasteiger partial charge in [-0.05, 0) is 48.1 Å². The summed E-state index contributed by atoms with van der Waals surface area (Å²) < 4.78 is 3.54. The van der Waals surface area contributed by atoms with Crippen molar-refractivity contribution in [2.75, 3.05) is 0 Å². The van der Waals surface area contributed by atoms with Crippen LogP contribution in [0.15, 0.2) is 22.6 Å². The summed E-state index contributed by atoms with van der Waals surface area (Å²) in [5, 5.41) is 13.4. The summed E-state index contributed by atoms with van der Waals surface area (Å²) in [7, 11) is 0. The first-order valence-corrected chi connectivity index (χ1v) is 11.1. The zero-order chi connectivity index (χ0) is 18.8. The van der Waals surface area contributed by atoms with Gasteiger partial charge in [0.25, 0.3) is 5.56 Å². The molecular weight excluding hydrogens is 380 g/mol. The van der Waals surface area contributed by atoms with Crippen molar-refractivity contribution in [3.8, 4) is 0 Å². The summed E-state index contributed by atoms with van der Waals surface area (Å²) in [5.74, 6) is 1.37. The molecule has 0 aromatic carbocycles. The Hall–Kier alpha value is -2.00. The molecular formula is C18H22N6OS2. The number of nitrogens with zero attached hydrogens (tertiary/aromatic N) is 6. The third kappa shape index (κ3) is 3.45. The Kier molecular flexibility index (Phi) is 5.40. The first kappa shape index (κ1) is 18.4. The second kappa shape index (κ2) is 7.93. The van der Waals surface area contributed by atoms with Gasteiger partial charge in [0.1, 0.15) is 4.83 Å². The van der Waals surface area contributed by atoms with Crippen LogP contribution in [-0.2, 0) is 31.7 Å². The van der Waals surface area contributed by atoms with Crippen molar-refractivity contribution in [1.82, 2.24) is 29.8 Å². The Bertz CT molecular complexity index is 1030. The molecule has 0 unspecified atom stereocenters. The summed E-state index contributed by atoms with van der Waals surface area (Å²) in [6, 6.07) is 0. The number of thioether (sulfide) groups is 1. The highest BCUT2D eigenvalue weighted by molar-refractivity contribution is 7.98. The van der Waals surface area contributed by atoms with E-state index >= 15 is 0 Å². The number of rotatable bonds is 7. The largest absolute Gasteiger partial charge is 0.283 e. The molecule has 0 saturated carbocycles. The summed E-state index contributed by atoms with van der Waals surface area (Å²) >= 11 is 3.19. The molecule has 142 valence electrons. The second-order valence-corrected chi connectivity index (χ2v) is 8.62. The van der Waals surface area contributed by atoms with Crippen LogP contribution in [0.3, 0.4) is 0 Å². The van der Waals surface area contributed by atoms with Crippen LogP contribution in [0.2, 0.25) is 0 Å². The summed E-state index contributed by atoms with van der Waals surface area (Å²) in [4.78, 5) is 20.3. The number of allylic oxidation sites excluding steroid dienone is 1. The van der Waals surface area contributed by atoms with Gasteiger partial charge >= 0.3 is 0 Å². The summed E-state index contributed by atoms with van der Waals surface area (Å²) in [5.41, 5.74) is 1.27. The van der Waals surface area contributed by atoms with E-state index in [-0.39, 0.29) is 5.56 Å². The van der Waals surface area contributed by atoms with Gasteiger partial charge < -0.3 is 0 Å². The van der Waals surface area contributed by atoms with Crippen LogP contribution in [0, 0.1) is 0 Å². The summed E-state index contributed by atoms with van der Waals surface area (Å²) in [6.45, 7) is 7.14. The van der Waals surface area contributed by atoms with E-state index in [9.17, 15) is 4.79 Å². The molecule has 0 aliphatic heterocycles. The lowest BCUT2D eigenvalue weighted by Gasteiger charge is -2.12. The van der Waals surface area contributed by atoms with Crippen molar-refractivity contribution in [3.63, 3.8) is 0 Å². The molecule has 0 saturated heterocycles. The molecule has 1 aliphatic carbocycles. The van der Waals surface area contributed by atoms with Gasteiger partial charge in [0, 0.05) is 18.0 Å². The third-order valence-corrected chi connectivity index (χ3v) is 6.88. The van der Waals surface area contributed by atoms with E-state index in [1.807, 2.05) is 4.68 Å². The molecule has 0 spiro atoms. The molecule has 0 N–H and O–H groups in total. The van der Waals surface area contributed by atoms with Crippen molar-refractivity contribution >= 4 is 33.3 Å². The monoisotopic (exact) mass is 402 g/mol. The number of tetrazole rings is 1. The van der Waals surface area contributed by atoms with Gasteiger partial charge in [0.05, 0.1) is 11.1 Å². The normalized spacial score (nSPS) is 13.8. The summed E-state index contributed by atoms with van der Waals surface area (Å²) in [6.07, 6.45) is 7.11. The predicted octanol–water partition coefficient (Wildman–Crippen LogP) is 3.21. The van der Waals surface area contributed by atoms with E-state index in [1.54, 1.807) is 22.0 Å². The zero-order valence-electron chi connectivity index (χ0n) is 15.3. The Balaban J connectivity index is 1.73. The third-order valence-electron chi connectivity index (χ3n) is 4.72. The Morgan fingerprint density at radius 1 is 1.33 bits per heavy atom. The van der Waals surface area contributed by atoms with Crippen LogP contribution < -0.4 is 5.56 Å². The SMILES string of the molecule is C=CCn1c(SCc2nnnn2CCC)nc2sc3c(c2c1=O)CCCC3. The van der Waals surface area contributed by atoms with Gasteiger partial charge in [0.2, 0.25) is 0 Å². The zero-order valence-corrected chi connectivity index (χ0v) is 17.0. The van der Waals surface area contributed by atoms with Crippen molar-refractivity contribution in [3.05, 3.63) is 39.3 Å². The van der Waals surface area contributed by atoms with Crippen LogP contribution in [0.1, 0.15) is 42.5 Å². The van der Waals surface area contributed by atoms with Crippen LogP contribution in [0.25, 0.3) is 10.2 Å². The molecule has 9 heteroatoms. The van der Waals surface area contributed by atoms with Crippen LogP contribution in [0.5, 0.6) is 0 Å². The van der Waals surface area contributed by atoms with Crippen molar-refractivity contribution in [2.45, 2.75) is 63.0 Å². The van der Waals surface area contributed by atoms with Crippen LogP contribution in [0.4, 0.5) is 0 Å². The number of thiophene rings is 1. The van der Waals surface area contributed by atoms with E-state index in [0.29, 0.717) is 17.5 Å². The lowest BCUT2D eigenvalue weighted by molar-refractivity contribution is 0.564. The molecule has 4 rings (SSSR count). The fourth-order valence-corrected chi connectivity index (χ4v) is 5.70. The van der Waals surface area contributed by atoms with E-state index in [0.717, 1.165) is 48.3 Å². The molecule has 0 bridgehead atoms. The lowest BCUT2D eigenvalue weighted by atomic mass is 9.97. The average molecular weight is 403 g/mol. The molecule has 3 aromatic heterocycles. The van der Waals surface area contributed by atoms with Crippen molar-refractivity contribution < 1.29 is 0 Å². The van der Waals surface area contributed by atoms with E-state index in [2.05, 4.69) is 29.0 Å². The molecule has 0 radical (unpaired) electrons. The predicted molar refractivity (Wildman–Crippen MR) is 108 cm³/mol. The standard InChI is InChI=1S/C18H22N6OS2/c1-3-9-23-17(25)15-12-7-5-6-8-13(12)27-16(15)19-18(23)26-11-14-20-21-22-24(14)10-4-2/h3H,1,4-11H2,2H3. The smallest absolute Gasteiger partial charge is 0.263 e. The fourth-order valence-electron chi connectivity index (χ4n) is 3.46. The fraction of sp³-hybridized carbons (Fsp3) is 0.500. The van der Waals surface area contributed by atoms with Crippen molar-refractivity contribution in [1.29, 1.82) is 0 Å². The minimum Gasteiger partial charge on any atom is -0.283 e. The highest BCUT2D eigenvalue weighted by Gasteiger charge is 2.22. The van der Waals surface area contributed by atoms with Gasteiger partial charge in [-0.1, -0.05) is 24.8 Å². The first-order chi connectivity index (χ1) is 13.2. The molecule has 7 nitrogen and oxygen atoms in total. The molecule has 0 amide bonds. The van der Waals surface area contributed by atoms with Crippen LogP contribution in [-0.4, -0.2) is 29.8 Å². The van der Waals surface area contributed by atoms with Gasteiger partial charge in [-0.15, -0.1) is 23.0 Å². The first-order valence-electron chi connectivity index (χ1n) is 9.26. The molecule has 0 fully saturated rings. The average Bonchev–Trinajstić information content (AvgIpc) is 3.27. The van der Waals surface area contributed by atoms with Crippen molar-refractivity contribution in [2.24, 2.45) is 0 Å². The van der Waals surface area contributed by atoms with Gasteiger partial charge in [-0.2, -0.15) is 0 Å². The number of hydrogen-bond acceptors (Lipinski definition) is 7. The molecule has 27 heavy (non-hydrogen) atoms. The Labute approximate surface area is 165 Å². The van der Waals surface area contributed by atoms with Crippen LogP contribution >= 0.6 is 23.1 Å². The maximum absolute atomic E-state index is 13.2. The van der Waals surface area contributed by atoms with Gasteiger partial charge in [-0.25, -0.2) is 9.67 Å². The van der Waals surface area contributed by atoms with E-state index in [1.165, 1.54) is 28.6 Å². The molecule has 3 aromatic rings. The van der Waals surface area contributed by atoms with Gasteiger partial charge in [-0.3, -0.25) is 9.36 Å². The van der Waals surface area contributed by atoms with E-state index < -0.39 is 0 Å². The van der Waals surface area contributed by atoms with E-state index in [4.69, 9.17) is 4.98 Å². The number of aryl methyl sites for hydroxylation is 3. The number of aromatic nitrogens is 6. The number of hydrogen-bond donors (Lipinski definition) is 0. The minimum absolute atomic E-state index is 0.0509. The topological polar surface area (TPSA) is 78.5 Å². The minimum atomic E-state index is 0.0509. The lowest BCUT2D eigenvalue weighted by Crippen LogP contribution is -2.23. The highest BCUT2D eigenvalue weighted by Crippen LogP contribution is 2.35. The second-order valence-electron chi connectivity index (χ2n) is 6.60. The molecule has 1 aliphatic rings. The Morgan fingerprint density at radius 2 is 2.19 bits per heavy atom. The quantitative estimate of drug-likeness (QED) is 0.343. The molecule has 3 heterocycles.